The third-order valence-electron chi connectivity index (χ3n) is 4.71. The number of amides is 1. The van der Waals surface area contributed by atoms with Crippen LogP contribution in [0.15, 0.2) is 67.0 Å². The van der Waals surface area contributed by atoms with E-state index in [1.165, 1.54) is 6.33 Å². The van der Waals surface area contributed by atoms with Crippen LogP contribution in [-0.2, 0) is 4.79 Å². The number of nitrogens with zero attached hydrogens (tertiary/aromatic N) is 2. The van der Waals surface area contributed by atoms with Crippen LogP contribution in [0, 0.1) is 0 Å². The number of nitrogens with one attached hydrogen (secondary N) is 3. The van der Waals surface area contributed by atoms with E-state index in [1.54, 1.807) is 0 Å². The molecule has 3 aromatic rings. The fourth-order valence-electron chi connectivity index (χ4n) is 2.92. The van der Waals surface area contributed by atoms with Crippen LogP contribution in [-0.4, -0.2) is 21.9 Å². The first kappa shape index (κ1) is 20.1. The van der Waals surface area contributed by atoms with E-state index < -0.39 is 5.92 Å². The molecule has 0 radical (unpaired) electrons. The van der Waals surface area contributed by atoms with Gasteiger partial charge in [0.05, 0.1) is 5.92 Å². The highest BCUT2D eigenvalue weighted by Gasteiger charge is 2.23. The van der Waals surface area contributed by atoms with Crippen molar-refractivity contribution in [3.05, 3.63) is 78.1 Å². The smallest absolute Gasteiger partial charge is 0.250 e. The number of aromatic nitrogens is 2. The first-order valence-corrected chi connectivity index (χ1v) is 9.63. The average molecular weight is 390 g/mol. The summed E-state index contributed by atoms with van der Waals surface area (Å²) in [6.07, 6.45) is 2.33. The van der Waals surface area contributed by atoms with E-state index in [2.05, 4.69) is 33.1 Å². The number of nitrogens with two attached hydrogens (primary N) is 1. The van der Waals surface area contributed by atoms with Gasteiger partial charge in [-0.1, -0.05) is 67.6 Å². The lowest BCUT2D eigenvalue weighted by atomic mass is 9.91. The van der Waals surface area contributed by atoms with Gasteiger partial charge in [0.15, 0.2) is 11.6 Å². The summed E-state index contributed by atoms with van der Waals surface area (Å²) in [7, 11) is 0. The first-order chi connectivity index (χ1) is 14.1. The number of rotatable bonds is 8. The second kappa shape index (κ2) is 9.54. The minimum absolute atomic E-state index is 0.211. The Morgan fingerprint density at radius 1 is 0.966 bits per heavy atom. The number of hydrogen-bond acceptors (Lipinski definition) is 6. The molecular formula is C22H26N6O. The second-order valence-electron chi connectivity index (χ2n) is 6.81. The van der Waals surface area contributed by atoms with E-state index in [0.717, 1.165) is 17.5 Å². The summed E-state index contributed by atoms with van der Waals surface area (Å²) in [6, 6.07) is 19.5. The van der Waals surface area contributed by atoms with Crippen LogP contribution in [0.25, 0.3) is 0 Å². The molecule has 0 fully saturated rings. The third kappa shape index (κ3) is 5.01. The summed E-state index contributed by atoms with van der Waals surface area (Å²) in [5, 5.41) is 3.23. The maximum Gasteiger partial charge on any atom is 0.250 e. The molecular weight excluding hydrogens is 364 g/mol. The van der Waals surface area contributed by atoms with Gasteiger partial charge in [0.1, 0.15) is 12.0 Å². The maximum atomic E-state index is 13.1. The summed E-state index contributed by atoms with van der Waals surface area (Å²) >= 11 is 0. The van der Waals surface area contributed by atoms with Gasteiger partial charge in [-0.3, -0.25) is 15.6 Å². The van der Waals surface area contributed by atoms with Crippen molar-refractivity contribution in [2.24, 2.45) is 0 Å². The molecule has 0 bridgehead atoms. The van der Waals surface area contributed by atoms with E-state index in [1.807, 2.05) is 67.6 Å². The molecule has 1 unspecified atom stereocenters. The lowest BCUT2D eigenvalue weighted by Gasteiger charge is -2.19. The summed E-state index contributed by atoms with van der Waals surface area (Å²) < 4.78 is 0. The third-order valence-corrected chi connectivity index (χ3v) is 4.71. The van der Waals surface area contributed by atoms with Gasteiger partial charge < -0.3 is 11.1 Å². The van der Waals surface area contributed by atoms with Gasteiger partial charge in [0, 0.05) is 6.04 Å². The lowest BCUT2D eigenvalue weighted by molar-refractivity contribution is -0.121. The molecule has 0 spiro atoms. The zero-order valence-electron chi connectivity index (χ0n) is 16.6. The molecule has 2 aromatic carbocycles. The largest absolute Gasteiger partial charge is 0.393 e. The Labute approximate surface area is 170 Å². The van der Waals surface area contributed by atoms with Crippen LogP contribution < -0.4 is 21.9 Å². The van der Waals surface area contributed by atoms with Gasteiger partial charge >= 0.3 is 0 Å². The van der Waals surface area contributed by atoms with Gasteiger partial charge in [0.25, 0.3) is 0 Å². The Morgan fingerprint density at radius 3 is 2.07 bits per heavy atom. The van der Waals surface area contributed by atoms with Crippen LogP contribution in [0.4, 0.5) is 17.3 Å². The molecule has 3 rings (SSSR count). The van der Waals surface area contributed by atoms with Crippen LogP contribution in [0.1, 0.15) is 37.3 Å². The highest BCUT2D eigenvalue weighted by molar-refractivity contribution is 5.88. The Bertz CT molecular complexity index is 893. The Kier molecular flexibility index (Phi) is 6.63. The lowest BCUT2D eigenvalue weighted by Crippen LogP contribution is -2.35. The Morgan fingerprint density at radius 2 is 1.52 bits per heavy atom. The Balaban J connectivity index is 1.79. The number of nitrogen functional groups attached to an aromatic ring is 1. The van der Waals surface area contributed by atoms with Crippen molar-refractivity contribution in [2.45, 2.75) is 32.2 Å². The molecule has 7 heteroatoms. The zero-order valence-corrected chi connectivity index (χ0v) is 16.6. The number of anilines is 3. The highest BCUT2D eigenvalue weighted by atomic mass is 16.2. The number of carbonyl (C=O) groups is 1. The molecule has 1 aromatic heterocycles. The van der Waals surface area contributed by atoms with Crippen molar-refractivity contribution < 1.29 is 4.79 Å². The fraction of sp³-hybridized carbons (Fsp3) is 0.227. The molecule has 0 saturated heterocycles. The molecule has 29 heavy (non-hydrogen) atoms. The first-order valence-electron chi connectivity index (χ1n) is 9.63. The quantitative estimate of drug-likeness (QED) is 0.439. The van der Waals surface area contributed by atoms with Crippen molar-refractivity contribution >= 4 is 23.2 Å². The fourth-order valence-corrected chi connectivity index (χ4v) is 2.92. The summed E-state index contributed by atoms with van der Waals surface area (Å²) in [5.41, 5.74) is 13.9. The molecule has 1 heterocycles. The topological polar surface area (TPSA) is 105 Å². The van der Waals surface area contributed by atoms with Gasteiger partial charge in [-0.2, -0.15) is 0 Å². The minimum Gasteiger partial charge on any atom is -0.393 e. The van der Waals surface area contributed by atoms with Crippen molar-refractivity contribution in [3.63, 3.8) is 0 Å². The molecule has 1 amide bonds. The van der Waals surface area contributed by atoms with Crippen molar-refractivity contribution in [3.8, 4) is 0 Å². The van der Waals surface area contributed by atoms with Gasteiger partial charge in [-0.25, -0.2) is 9.97 Å². The van der Waals surface area contributed by atoms with Crippen LogP contribution in [0.5, 0.6) is 0 Å². The van der Waals surface area contributed by atoms with E-state index in [9.17, 15) is 4.79 Å². The van der Waals surface area contributed by atoms with Crippen molar-refractivity contribution in [1.82, 2.24) is 15.4 Å². The monoisotopic (exact) mass is 390 g/mol. The van der Waals surface area contributed by atoms with Crippen LogP contribution >= 0.6 is 0 Å². The maximum absolute atomic E-state index is 13.1. The highest BCUT2D eigenvalue weighted by Crippen LogP contribution is 2.26. The van der Waals surface area contributed by atoms with Crippen molar-refractivity contribution in [1.29, 1.82) is 0 Å². The minimum atomic E-state index is -0.467. The summed E-state index contributed by atoms with van der Waals surface area (Å²) in [4.78, 5) is 21.4. The number of carbonyl (C=O) groups excluding carboxylic acids is 1. The van der Waals surface area contributed by atoms with Gasteiger partial charge in [-0.15, -0.1) is 0 Å². The zero-order chi connectivity index (χ0) is 20.6. The standard InChI is InChI=1S/C22H26N6O/c1-3-15(2)26-20-19(23)21(25-14-24-20)27-28-22(29)18(16-10-6-4-7-11-16)17-12-8-5-9-13-17/h4-15,18H,3,23H2,1-2H3,(H,28,29)(H2,24,25,26,27). The van der Waals surface area contributed by atoms with Gasteiger partial charge in [0.2, 0.25) is 5.91 Å². The van der Waals surface area contributed by atoms with Crippen molar-refractivity contribution in [2.75, 3.05) is 16.5 Å². The molecule has 5 N–H and O–H groups in total. The second-order valence-corrected chi connectivity index (χ2v) is 6.81. The predicted molar refractivity (Wildman–Crippen MR) is 116 cm³/mol. The van der Waals surface area contributed by atoms with Crippen LogP contribution in [0.3, 0.4) is 0 Å². The number of hydrogen-bond donors (Lipinski definition) is 4. The summed E-state index contributed by atoms with van der Waals surface area (Å²) in [6.45, 7) is 4.11. The molecule has 150 valence electrons. The molecule has 0 aliphatic rings. The van der Waals surface area contributed by atoms with Gasteiger partial charge in [-0.05, 0) is 24.5 Å². The normalized spacial score (nSPS) is 11.7. The molecule has 0 aliphatic carbocycles. The number of benzene rings is 2. The summed E-state index contributed by atoms with van der Waals surface area (Å²) in [5.74, 6) is 0.204. The van der Waals surface area contributed by atoms with Crippen LogP contribution in [0.2, 0.25) is 0 Å². The molecule has 0 aliphatic heterocycles. The SMILES string of the molecule is CCC(C)Nc1ncnc(NNC(=O)C(c2ccccc2)c2ccccc2)c1N. The van der Waals surface area contributed by atoms with E-state index in [4.69, 9.17) is 5.73 Å². The van der Waals surface area contributed by atoms with E-state index in [-0.39, 0.29) is 11.9 Å². The molecule has 1 atom stereocenters. The average Bonchev–Trinajstić information content (AvgIpc) is 2.76. The molecule has 7 nitrogen and oxygen atoms in total. The molecule has 0 saturated carbocycles. The van der Waals surface area contributed by atoms with E-state index in [0.29, 0.717) is 17.3 Å². The number of hydrazine groups is 1. The van der Waals surface area contributed by atoms with E-state index >= 15 is 0 Å². The Hall–Kier alpha value is -3.61. The predicted octanol–water partition coefficient (Wildman–Crippen LogP) is 3.54.